The minimum Gasteiger partial charge on any atom is -0.316 e. The van der Waals surface area contributed by atoms with Gasteiger partial charge in [-0.2, -0.15) is 0 Å². The number of hydrogen-bond acceptors (Lipinski definition) is 6. The Kier molecular flexibility index (Phi) is 7.86. The number of imide groups is 1. The van der Waals surface area contributed by atoms with Crippen LogP contribution >= 0.6 is 0 Å². The Morgan fingerprint density at radius 3 is 2.26 bits per heavy atom. The fraction of sp³-hybridized carbons (Fsp3) is 0.533. The van der Waals surface area contributed by atoms with Gasteiger partial charge in [-0.15, -0.1) is 0 Å². The Bertz CT molecular complexity index is 1290. The van der Waals surface area contributed by atoms with E-state index in [4.69, 9.17) is 0 Å². The van der Waals surface area contributed by atoms with Crippen molar-refractivity contribution in [3.8, 4) is 0 Å². The van der Waals surface area contributed by atoms with Gasteiger partial charge in [0.1, 0.15) is 5.54 Å². The van der Waals surface area contributed by atoms with Gasteiger partial charge >= 0.3 is 6.03 Å². The lowest BCUT2D eigenvalue weighted by Gasteiger charge is -2.43. The van der Waals surface area contributed by atoms with E-state index >= 15 is 0 Å². The monoisotopic (exact) mass is 552 g/mol. The number of nitrogens with zero attached hydrogens (tertiary/aromatic N) is 3. The van der Waals surface area contributed by atoms with E-state index in [2.05, 4.69) is 54.4 Å². The van der Waals surface area contributed by atoms with Crippen LogP contribution in [-0.4, -0.2) is 86.1 Å². The van der Waals surface area contributed by atoms with Crippen molar-refractivity contribution in [1.29, 1.82) is 0 Å². The van der Waals surface area contributed by atoms with Crippen molar-refractivity contribution in [2.45, 2.75) is 49.6 Å². The quantitative estimate of drug-likeness (QED) is 0.506. The zero-order chi connectivity index (χ0) is 27.8. The molecule has 0 aromatic heterocycles. The Labute approximate surface area is 232 Å². The summed E-state index contributed by atoms with van der Waals surface area (Å²) in [6, 6.07) is 16.9. The number of hydrogen-bond donors (Lipinski definition) is 1. The number of likely N-dealkylation sites (tertiary alicyclic amines) is 1. The lowest BCUT2D eigenvalue weighted by molar-refractivity contribution is -0.136. The number of nitrogens with one attached hydrogen (secondary N) is 1. The zero-order valence-electron chi connectivity index (χ0n) is 23.2. The van der Waals surface area contributed by atoms with Gasteiger partial charge in [-0.3, -0.25) is 9.69 Å². The molecule has 39 heavy (non-hydrogen) atoms. The number of rotatable bonds is 8. The summed E-state index contributed by atoms with van der Waals surface area (Å²) in [6.45, 7) is 9.35. The predicted molar refractivity (Wildman–Crippen MR) is 151 cm³/mol. The first-order valence-electron chi connectivity index (χ1n) is 14.0. The molecule has 8 nitrogen and oxygen atoms in total. The third kappa shape index (κ3) is 5.62. The van der Waals surface area contributed by atoms with E-state index in [1.807, 2.05) is 4.90 Å². The summed E-state index contributed by atoms with van der Waals surface area (Å²) in [5.74, 6) is 1.12. The van der Waals surface area contributed by atoms with Crippen LogP contribution in [0.1, 0.15) is 43.7 Å². The van der Waals surface area contributed by atoms with Crippen molar-refractivity contribution < 1.29 is 18.0 Å². The van der Waals surface area contributed by atoms with Gasteiger partial charge in [0.25, 0.3) is 5.91 Å². The van der Waals surface area contributed by atoms with Gasteiger partial charge in [0.05, 0.1) is 11.4 Å². The van der Waals surface area contributed by atoms with E-state index in [9.17, 15) is 18.0 Å². The largest absolute Gasteiger partial charge is 0.327 e. The van der Waals surface area contributed by atoms with Crippen molar-refractivity contribution >= 4 is 21.8 Å². The third-order valence-corrected chi connectivity index (χ3v) is 9.73. The summed E-state index contributed by atoms with van der Waals surface area (Å²) in [7, 11) is -3.31. The zero-order valence-corrected chi connectivity index (χ0v) is 24.0. The van der Waals surface area contributed by atoms with Gasteiger partial charge in [-0.1, -0.05) is 56.3 Å². The van der Waals surface area contributed by atoms with Crippen molar-refractivity contribution in [2.24, 2.45) is 11.8 Å². The summed E-state index contributed by atoms with van der Waals surface area (Å²) in [6.07, 6.45) is 2.43. The van der Waals surface area contributed by atoms with E-state index in [0.717, 1.165) is 38.3 Å². The first kappa shape index (κ1) is 27.8. The van der Waals surface area contributed by atoms with Gasteiger partial charge in [0.2, 0.25) is 0 Å². The molecule has 3 saturated heterocycles. The lowest BCUT2D eigenvalue weighted by atomic mass is 9.83. The lowest BCUT2D eigenvalue weighted by Crippen LogP contribution is -2.57. The van der Waals surface area contributed by atoms with E-state index in [1.165, 1.54) is 28.9 Å². The van der Waals surface area contributed by atoms with Crippen LogP contribution < -0.4 is 5.32 Å². The topological polar surface area (TPSA) is 90.0 Å². The summed E-state index contributed by atoms with van der Waals surface area (Å²) < 4.78 is 23.7. The average Bonchev–Trinajstić information content (AvgIpc) is 3.44. The molecule has 1 N–H and O–H groups in total. The molecule has 210 valence electrons. The molecule has 3 heterocycles. The number of urea groups is 1. The van der Waals surface area contributed by atoms with E-state index in [-0.39, 0.29) is 29.3 Å². The Morgan fingerprint density at radius 1 is 0.974 bits per heavy atom. The smallest absolute Gasteiger partial charge is 0.316 e. The van der Waals surface area contributed by atoms with E-state index in [0.29, 0.717) is 31.2 Å². The highest BCUT2D eigenvalue weighted by molar-refractivity contribution is 7.90. The molecule has 3 aliphatic heterocycles. The summed E-state index contributed by atoms with van der Waals surface area (Å²) in [5, 5.41) is 3.57. The maximum atomic E-state index is 13.9. The molecule has 2 aromatic rings. The summed E-state index contributed by atoms with van der Waals surface area (Å²) in [4.78, 5) is 33.5. The van der Waals surface area contributed by atoms with Crippen LogP contribution in [-0.2, 0) is 21.2 Å². The molecule has 0 saturated carbocycles. The average molecular weight is 553 g/mol. The van der Waals surface area contributed by atoms with Crippen LogP contribution in [0, 0.1) is 11.8 Å². The minimum atomic E-state index is -3.31. The second-order valence-electron chi connectivity index (χ2n) is 11.9. The molecule has 0 unspecified atom stereocenters. The summed E-state index contributed by atoms with van der Waals surface area (Å²) in [5.41, 5.74) is 1.31. The number of amides is 3. The minimum absolute atomic E-state index is 0.121. The SMILES string of the molecule is CC(C)CN1C(=O)N(Cc2ccc(S(C)(=O)=O)cc2)C(=O)C12CCN(C[C@@H]1CNC[C@@H]1c1ccccc1)CC2. The fourth-order valence-electron chi connectivity index (χ4n) is 6.50. The predicted octanol–water partition coefficient (Wildman–Crippen LogP) is 3.35. The van der Waals surface area contributed by atoms with Gasteiger partial charge in [0.15, 0.2) is 9.84 Å². The third-order valence-electron chi connectivity index (χ3n) is 8.61. The maximum absolute atomic E-state index is 13.9. The Hall–Kier alpha value is -2.75. The normalized spacial score (nSPS) is 23.9. The van der Waals surface area contributed by atoms with Gasteiger partial charge in [-0.05, 0) is 54.5 Å². The van der Waals surface area contributed by atoms with E-state index in [1.54, 1.807) is 12.1 Å². The second kappa shape index (κ2) is 11.0. The molecule has 0 bridgehead atoms. The first-order valence-corrected chi connectivity index (χ1v) is 15.9. The molecule has 9 heteroatoms. The van der Waals surface area contributed by atoms with Crippen LogP contribution in [0.4, 0.5) is 4.79 Å². The number of benzene rings is 2. The van der Waals surface area contributed by atoms with Crippen LogP contribution in [0.5, 0.6) is 0 Å². The standard InChI is InChI=1S/C30H40N4O4S/c1-22(2)19-34-29(36)33(20-23-9-11-26(12-10-23)39(3,37)38)28(35)30(34)13-15-32(16-14-30)21-25-17-31-18-27(25)24-7-5-4-6-8-24/h4-12,22,25,27,31H,13-21H2,1-3H3/t25-,27+/m0/s1. The van der Waals surface area contributed by atoms with Crippen molar-refractivity contribution in [3.63, 3.8) is 0 Å². The van der Waals surface area contributed by atoms with Gasteiger partial charge < -0.3 is 15.1 Å². The molecule has 0 aliphatic carbocycles. The molecule has 3 aliphatic rings. The summed E-state index contributed by atoms with van der Waals surface area (Å²) >= 11 is 0. The Balaban J connectivity index is 1.29. The first-order chi connectivity index (χ1) is 18.6. The van der Waals surface area contributed by atoms with Crippen LogP contribution in [0.25, 0.3) is 0 Å². The van der Waals surface area contributed by atoms with Crippen LogP contribution in [0.15, 0.2) is 59.5 Å². The molecule has 3 amide bonds. The highest BCUT2D eigenvalue weighted by Crippen LogP contribution is 2.39. The number of carbonyl (C=O) groups excluding carboxylic acids is 2. The molecule has 3 fully saturated rings. The molecule has 0 radical (unpaired) electrons. The van der Waals surface area contributed by atoms with Crippen molar-refractivity contribution in [2.75, 3.05) is 45.5 Å². The number of sulfone groups is 1. The van der Waals surface area contributed by atoms with Crippen LogP contribution in [0.2, 0.25) is 0 Å². The number of piperidine rings is 1. The fourth-order valence-corrected chi connectivity index (χ4v) is 7.13. The maximum Gasteiger partial charge on any atom is 0.327 e. The molecule has 2 atom stereocenters. The molecular weight excluding hydrogens is 512 g/mol. The highest BCUT2D eigenvalue weighted by atomic mass is 32.2. The number of carbonyl (C=O) groups is 2. The Morgan fingerprint density at radius 2 is 1.64 bits per heavy atom. The van der Waals surface area contributed by atoms with Gasteiger partial charge in [-0.25, -0.2) is 13.2 Å². The highest BCUT2D eigenvalue weighted by Gasteiger charge is 2.57. The van der Waals surface area contributed by atoms with Crippen molar-refractivity contribution in [3.05, 3.63) is 65.7 Å². The molecule has 5 rings (SSSR count). The van der Waals surface area contributed by atoms with Crippen molar-refractivity contribution in [1.82, 2.24) is 20.0 Å². The molecule has 1 spiro atoms. The van der Waals surface area contributed by atoms with E-state index < -0.39 is 15.4 Å². The second-order valence-corrected chi connectivity index (χ2v) is 13.9. The van der Waals surface area contributed by atoms with Gasteiger partial charge in [0, 0.05) is 44.9 Å². The molecular formula is C30H40N4O4S. The van der Waals surface area contributed by atoms with Crippen LogP contribution in [0.3, 0.4) is 0 Å². The molecule has 2 aromatic carbocycles.